The average molecular weight is 423 g/mol. The fourth-order valence-electron chi connectivity index (χ4n) is 4.20. The summed E-state index contributed by atoms with van der Waals surface area (Å²) < 4.78 is 13.6. The Bertz CT molecular complexity index is 997. The van der Waals surface area contributed by atoms with Crippen LogP contribution in [0, 0.1) is 11.7 Å². The van der Waals surface area contributed by atoms with Gasteiger partial charge in [0, 0.05) is 17.8 Å². The summed E-state index contributed by atoms with van der Waals surface area (Å²) >= 11 is 0. The quantitative estimate of drug-likeness (QED) is 0.590. The number of rotatable bonds is 8. The molecule has 0 radical (unpaired) electrons. The topological polar surface area (TPSA) is 81.0 Å². The van der Waals surface area contributed by atoms with Crippen molar-refractivity contribution < 1.29 is 24.5 Å². The fraction of sp³-hybridized carbons (Fsp3) is 0.320. The van der Waals surface area contributed by atoms with Gasteiger partial charge in [-0.05, 0) is 66.3 Å². The summed E-state index contributed by atoms with van der Waals surface area (Å²) in [5.74, 6) is -0.932. The Balaban J connectivity index is 1.64. The number of carbonyl (C=O) groups is 1. The molecule has 1 fully saturated rings. The Hall–Kier alpha value is -2.96. The number of fused-ring (bicyclic) bond motifs is 1. The number of hydrogen-bond donors (Lipinski definition) is 3. The number of anilines is 2. The van der Waals surface area contributed by atoms with E-state index < -0.39 is 24.6 Å². The molecule has 2 aliphatic rings. The Morgan fingerprint density at radius 1 is 1.13 bits per heavy atom. The molecule has 3 atom stereocenters. The maximum absolute atomic E-state index is 13.6. The summed E-state index contributed by atoms with van der Waals surface area (Å²) in [4.78, 5) is 13.0. The van der Waals surface area contributed by atoms with Crippen LogP contribution in [0.2, 0.25) is 0 Å². The van der Waals surface area contributed by atoms with Crippen molar-refractivity contribution in [3.8, 4) is 0 Å². The zero-order valence-corrected chi connectivity index (χ0v) is 17.1. The number of nitrogens with zero attached hydrogens (tertiary/aromatic N) is 1. The molecular weight excluding hydrogens is 397 g/mol. The molecule has 2 aromatic carbocycles. The Labute approximate surface area is 180 Å². The fourth-order valence-corrected chi connectivity index (χ4v) is 4.20. The number of aliphatic carboxylic acids is 1. The van der Waals surface area contributed by atoms with E-state index in [-0.39, 0.29) is 18.3 Å². The standard InChI is InChI=1S/C25H26FNO4/c26-19-8-10-20(11-9-19)27-23-4-2-1-3-17(23)13-18(25(27)16-5-6-16)7-12-21(28)14-22(29)15-24(30)31/h1-4,7-13,16,21-22,25,28-29H,5-6,14-15H2,(H,30,31)/t21-,22-,25?/m1/s1. The van der Waals surface area contributed by atoms with E-state index >= 15 is 0 Å². The molecule has 0 aromatic heterocycles. The van der Waals surface area contributed by atoms with Crippen LogP contribution in [0.25, 0.3) is 6.08 Å². The normalized spacial score (nSPS) is 20.3. The number of carboxylic acid groups (broad SMARTS) is 1. The lowest BCUT2D eigenvalue weighted by molar-refractivity contribution is -0.139. The van der Waals surface area contributed by atoms with Gasteiger partial charge in [-0.2, -0.15) is 0 Å². The van der Waals surface area contributed by atoms with E-state index in [0.717, 1.165) is 35.4 Å². The van der Waals surface area contributed by atoms with Gasteiger partial charge < -0.3 is 20.2 Å². The number of hydrogen-bond acceptors (Lipinski definition) is 4. The first-order chi connectivity index (χ1) is 14.9. The van der Waals surface area contributed by atoms with Crippen LogP contribution in [0.4, 0.5) is 15.8 Å². The molecule has 6 heteroatoms. The third-order valence-corrected chi connectivity index (χ3v) is 5.75. The summed E-state index contributed by atoms with van der Waals surface area (Å²) in [5, 5.41) is 28.9. The minimum Gasteiger partial charge on any atom is -0.481 e. The molecule has 0 amide bonds. The maximum atomic E-state index is 13.6. The van der Waals surface area contributed by atoms with Crippen molar-refractivity contribution in [2.24, 2.45) is 5.92 Å². The molecule has 0 bridgehead atoms. The summed E-state index contributed by atoms with van der Waals surface area (Å²) in [5.41, 5.74) is 4.02. The van der Waals surface area contributed by atoms with E-state index in [4.69, 9.17) is 5.11 Å². The van der Waals surface area contributed by atoms with Crippen molar-refractivity contribution in [1.82, 2.24) is 0 Å². The van der Waals surface area contributed by atoms with E-state index in [1.54, 1.807) is 18.2 Å². The average Bonchev–Trinajstić information content (AvgIpc) is 3.56. The second kappa shape index (κ2) is 9.04. The Morgan fingerprint density at radius 2 is 1.84 bits per heavy atom. The third-order valence-electron chi connectivity index (χ3n) is 5.75. The molecule has 5 nitrogen and oxygen atoms in total. The van der Waals surface area contributed by atoms with E-state index in [1.807, 2.05) is 24.3 Å². The minimum absolute atomic E-state index is 0.0392. The molecule has 1 heterocycles. The predicted octanol–water partition coefficient (Wildman–Crippen LogP) is 4.28. The Morgan fingerprint density at radius 3 is 2.52 bits per heavy atom. The Kier molecular flexibility index (Phi) is 6.20. The van der Waals surface area contributed by atoms with Crippen LogP contribution >= 0.6 is 0 Å². The summed E-state index contributed by atoms with van der Waals surface area (Å²) in [6.07, 6.45) is 5.28. The first kappa shape index (κ1) is 21.3. The molecule has 1 aliphatic carbocycles. The molecule has 4 rings (SSSR count). The van der Waals surface area contributed by atoms with E-state index in [9.17, 15) is 19.4 Å². The van der Waals surface area contributed by atoms with Crippen molar-refractivity contribution in [2.75, 3.05) is 4.90 Å². The molecule has 0 spiro atoms. The summed E-state index contributed by atoms with van der Waals surface area (Å²) in [6, 6.07) is 14.6. The van der Waals surface area contributed by atoms with Crippen molar-refractivity contribution in [2.45, 2.75) is 43.9 Å². The molecule has 0 saturated heterocycles. The van der Waals surface area contributed by atoms with Crippen LogP contribution in [-0.2, 0) is 4.79 Å². The van der Waals surface area contributed by atoms with Crippen molar-refractivity contribution in [1.29, 1.82) is 0 Å². The highest BCUT2D eigenvalue weighted by molar-refractivity contribution is 5.82. The lowest BCUT2D eigenvalue weighted by atomic mass is 9.90. The van der Waals surface area contributed by atoms with Gasteiger partial charge in [0.1, 0.15) is 5.82 Å². The number of benzene rings is 2. The maximum Gasteiger partial charge on any atom is 0.305 e. The smallest absolute Gasteiger partial charge is 0.305 e. The molecule has 1 saturated carbocycles. The number of para-hydroxylation sites is 1. The van der Waals surface area contributed by atoms with Crippen molar-refractivity contribution in [3.63, 3.8) is 0 Å². The molecule has 1 unspecified atom stereocenters. The summed E-state index contributed by atoms with van der Waals surface area (Å²) in [7, 11) is 0. The SMILES string of the molecule is O=C(O)C[C@H](O)C[C@H](O)C=CC1=Cc2ccccc2N(c2ccc(F)cc2)C1C1CC1. The summed E-state index contributed by atoms with van der Waals surface area (Å²) in [6.45, 7) is 0. The van der Waals surface area contributed by atoms with Gasteiger partial charge >= 0.3 is 5.97 Å². The van der Waals surface area contributed by atoms with Gasteiger partial charge in [0.25, 0.3) is 0 Å². The van der Waals surface area contributed by atoms with Crippen LogP contribution in [-0.4, -0.2) is 39.5 Å². The van der Waals surface area contributed by atoms with Crippen LogP contribution in [0.15, 0.2) is 66.3 Å². The molecular formula is C25H26FNO4. The van der Waals surface area contributed by atoms with Gasteiger partial charge in [0.15, 0.2) is 0 Å². The highest BCUT2D eigenvalue weighted by Crippen LogP contribution is 2.47. The highest BCUT2D eigenvalue weighted by Gasteiger charge is 2.40. The van der Waals surface area contributed by atoms with Gasteiger partial charge in [-0.15, -0.1) is 0 Å². The zero-order valence-electron chi connectivity index (χ0n) is 17.1. The van der Waals surface area contributed by atoms with Gasteiger partial charge in [-0.3, -0.25) is 4.79 Å². The van der Waals surface area contributed by atoms with Crippen LogP contribution in [0.3, 0.4) is 0 Å². The lowest BCUT2D eigenvalue weighted by Gasteiger charge is -2.39. The molecule has 162 valence electrons. The van der Waals surface area contributed by atoms with Gasteiger partial charge in [0.2, 0.25) is 0 Å². The number of aliphatic hydroxyl groups excluding tert-OH is 2. The van der Waals surface area contributed by atoms with Gasteiger partial charge in [0.05, 0.1) is 24.7 Å². The van der Waals surface area contributed by atoms with E-state index in [1.165, 1.54) is 12.1 Å². The first-order valence-electron chi connectivity index (χ1n) is 10.5. The first-order valence-corrected chi connectivity index (χ1v) is 10.5. The van der Waals surface area contributed by atoms with Crippen molar-refractivity contribution >= 4 is 23.4 Å². The van der Waals surface area contributed by atoms with Crippen LogP contribution < -0.4 is 4.90 Å². The van der Waals surface area contributed by atoms with Gasteiger partial charge in [-0.1, -0.05) is 30.4 Å². The van der Waals surface area contributed by atoms with E-state index in [2.05, 4.69) is 17.0 Å². The molecule has 2 aromatic rings. The molecule has 3 N–H and O–H groups in total. The lowest BCUT2D eigenvalue weighted by Crippen LogP contribution is -2.37. The van der Waals surface area contributed by atoms with Gasteiger partial charge in [-0.25, -0.2) is 4.39 Å². The minimum atomic E-state index is -1.10. The third kappa shape index (κ3) is 5.03. The number of carboxylic acids is 1. The molecule has 31 heavy (non-hydrogen) atoms. The largest absolute Gasteiger partial charge is 0.481 e. The zero-order chi connectivity index (χ0) is 22.0. The second-order valence-corrected chi connectivity index (χ2v) is 8.25. The van der Waals surface area contributed by atoms with Crippen LogP contribution in [0.5, 0.6) is 0 Å². The monoisotopic (exact) mass is 423 g/mol. The number of halogens is 1. The highest BCUT2D eigenvalue weighted by atomic mass is 19.1. The van der Waals surface area contributed by atoms with Crippen molar-refractivity contribution in [3.05, 3.63) is 77.6 Å². The molecule has 1 aliphatic heterocycles. The number of aliphatic hydroxyl groups is 2. The van der Waals surface area contributed by atoms with Crippen LogP contribution in [0.1, 0.15) is 31.2 Å². The predicted molar refractivity (Wildman–Crippen MR) is 117 cm³/mol. The van der Waals surface area contributed by atoms with E-state index in [0.29, 0.717) is 5.92 Å². The second-order valence-electron chi connectivity index (χ2n) is 8.25.